The Morgan fingerprint density at radius 2 is 1.36 bits per heavy atom. The van der Waals surface area contributed by atoms with Gasteiger partial charge in [-0.2, -0.15) is 0 Å². The fourth-order valence-electron chi connectivity index (χ4n) is 5.73. The van der Waals surface area contributed by atoms with Gasteiger partial charge < -0.3 is 14.1 Å². The molecule has 0 amide bonds. The van der Waals surface area contributed by atoms with E-state index in [4.69, 9.17) is 9.15 Å². The first kappa shape index (κ1) is 36.3. The highest BCUT2D eigenvalue weighted by Gasteiger charge is 2.28. The predicted molar refractivity (Wildman–Crippen MR) is 189 cm³/mol. The molecule has 1 atom stereocenters. The Labute approximate surface area is 275 Å². The minimum Gasteiger partial charge on any atom is -0.470 e. The minimum absolute atomic E-state index is 0.00952. The summed E-state index contributed by atoms with van der Waals surface area (Å²) >= 11 is 3.82. The fraction of sp³-hybridized carbons (Fsp3) is 0.605. The zero-order chi connectivity index (χ0) is 31.7. The number of rotatable bonds is 23. The van der Waals surface area contributed by atoms with Crippen LogP contribution in [0.2, 0.25) is 0 Å². The molecule has 1 heterocycles. The monoisotopic (exact) mass is 668 g/mol. The van der Waals surface area contributed by atoms with Crippen LogP contribution in [0.25, 0.3) is 11.0 Å². The van der Waals surface area contributed by atoms with Crippen LogP contribution in [0.4, 0.5) is 0 Å². The molecule has 1 aromatic heterocycles. The van der Waals surface area contributed by atoms with Gasteiger partial charge in [0.05, 0.1) is 10.0 Å². The molecule has 244 valence electrons. The largest absolute Gasteiger partial charge is 0.470 e. The Kier molecular flexibility index (Phi) is 16.6. The molecule has 0 radical (unpaired) electrons. The second-order valence-electron chi connectivity index (χ2n) is 12.1. The highest BCUT2D eigenvalue weighted by molar-refractivity contribution is 9.10. The standard InChI is InChI=1S/C38H57BrN2O3/c1-6-11-21-33-35(36(42)30-19-17-16-18-20-30)31-22-23-32(39)38(37(31)43-33)44-34(41(27-14-9-4)28-15-10-5)24-29-40(25-12-7-2)26-13-8-3/h16-20,22-23,34H,6-15,21,24-29H2,1-5H3. The molecule has 0 saturated heterocycles. The van der Waals surface area contributed by atoms with Crippen LogP contribution in [0, 0.1) is 0 Å². The van der Waals surface area contributed by atoms with Gasteiger partial charge in [-0.3, -0.25) is 9.69 Å². The van der Waals surface area contributed by atoms with Gasteiger partial charge in [0.15, 0.2) is 23.3 Å². The van der Waals surface area contributed by atoms with Crippen LogP contribution in [0.15, 0.2) is 51.4 Å². The molecule has 0 aliphatic heterocycles. The first-order chi connectivity index (χ1) is 21.5. The van der Waals surface area contributed by atoms with E-state index in [1.807, 2.05) is 42.5 Å². The second kappa shape index (κ2) is 20.1. The SMILES string of the molecule is CCCCc1oc2c(OC(CCN(CCCC)CCCC)N(CCCC)CCCC)c(Br)ccc2c1C(=O)c1ccccc1. The molecule has 0 aliphatic carbocycles. The molecule has 3 rings (SSSR count). The van der Waals surface area contributed by atoms with Crippen LogP contribution < -0.4 is 4.74 Å². The van der Waals surface area contributed by atoms with E-state index in [9.17, 15) is 4.79 Å². The number of hydrogen-bond donors (Lipinski definition) is 0. The summed E-state index contributed by atoms with van der Waals surface area (Å²) in [6.07, 6.45) is 13.0. The Hall–Kier alpha value is -2.15. The number of hydrogen-bond acceptors (Lipinski definition) is 5. The van der Waals surface area contributed by atoms with Crippen molar-refractivity contribution in [3.63, 3.8) is 0 Å². The van der Waals surface area contributed by atoms with E-state index in [1.165, 1.54) is 25.7 Å². The summed E-state index contributed by atoms with van der Waals surface area (Å²) in [5.74, 6) is 1.48. The van der Waals surface area contributed by atoms with Gasteiger partial charge in [-0.05, 0) is 73.3 Å². The Morgan fingerprint density at radius 1 is 0.773 bits per heavy atom. The van der Waals surface area contributed by atoms with Crippen molar-refractivity contribution in [1.29, 1.82) is 0 Å². The lowest BCUT2D eigenvalue weighted by Gasteiger charge is -2.34. The average Bonchev–Trinajstić information content (AvgIpc) is 3.42. The smallest absolute Gasteiger partial charge is 0.197 e. The molecule has 2 aromatic carbocycles. The van der Waals surface area contributed by atoms with E-state index in [0.29, 0.717) is 22.5 Å². The lowest BCUT2D eigenvalue weighted by atomic mass is 9.98. The molecular formula is C38H57BrN2O3. The van der Waals surface area contributed by atoms with E-state index >= 15 is 0 Å². The van der Waals surface area contributed by atoms with Crippen LogP contribution in [-0.2, 0) is 6.42 Å². The Bertz CT molecular complexity index is 1230. The fourth-order valence-corrected chi connectivity index (χ4v) is 6.14. The quantitative estimate of drug-likeness (QED) is 0.0743. The summed E-state index contributed by atoms with van der Waals surface area (Å²) in [4.78, 5) is 19.1. The number of aryl methyl sites for hydroxylation is 1. The summed E-state index contributed by atoms with van der Waals surface area (Å²) in [6, 6.07) is 13.6. The molecule has 0 aliphatic rings. The second-order valence-corrected chi connectivity index (χ2v) is 13.0. The normalized spacial score (nSPS) is 12.5. The number of nitrogens with zero attached hydrogens (tertiary/aromatic N) is 2. The number of unbranched alkanes of at least 4 members (excludes halogenated alkanes) is 5. The number of fused-ring (bicyclic) bond motifs is 1. The summed E-state index contributed by atoms with van der Waals surface area (Å²) < 4.78 is 14.6. The maximum atomic E-state index is 13.9. The van der Waals surface area contributed by atoms with Gasteiger partial charge in [0.1, 0.15) is 5.76 Å². The van der Waals surface area contributed by atoms with E-state index in [2.05, 4.69) is 60.3 Å². The summed E-state index contributed by atoms with van der Waals surface area (Å²) in [5.41, 5.74) is 2.03. The molecule has 5 nitrogen and oxygen atoms in total. The molecular weight excluding hydrogens is 612 g/mol. The first-order valence-corrected chi connectivity index (χ1v) is 18.2. The van der Waals surface area contributed by atoms with Gasteiger partial charge in [-0.1, -0.05) is 97.1 Å². The van der Waals surface area contributed by atoms with Crippen molar-refractivity contribution in [2.45, 2.75) is 118 Å². The van der Waals surface area contributed by atoms with Gasteiger partial charge in [0, 0.05) is 43.4 Å². The number of halogens is 1. The third-order valence-corrected chi connectivity index (χ3v) is 9.09. The highest BCUT2D eigenvalue weighted by Crippen LogP contribution is 2.40. The summed E-state index contributed by atoms with van der Waals surface area (Å²) in [7, 11) is 0. The highest BCUT2D eigenvalue weighted by atomic mass is 79.9. The van der Waals surface area contributed by atoms with Crippen LogP contribution in [0.1, 0.15) is 127 Å². The topological polar surface area (TPSA) is 45.9 Å². The Balaban J connectivity index is 2.05. The van der Waals surface area contributed by atoms with Crippen molar-refractivity contribution in [3.05, 3.63) is 63.8 Å². The van der Waals surface area contributed by atoms with E-state index in [-0.39, 0.29) is 12.0 Å². The molecule has 44 heavy (non-hydrogen) atoms. The number of benzene rings is 2. The van der Waals surface area contributed by atoms with Crippen molar-refractivity contribution in [2.24, 2.45) is 0 Å². The average molecular weight is 670 g/mol. The summed E-state index contributed by atoms with van der Waals surface area (Å²) in [6.45, 7) is 16.5. The van der Waals surface area contributed by atoms with Gasteiger partial charge in [-0.15, -0.1) is 0 Å². The molecule has 0 spiro atoms. The lowest BCUT2D eigenvalue weighted by Crippen LogP contribution is -2.43. The van der Waals surface area contributed by atoms with Crippen LogP contribution in [0.3, 0.4) is 0 Å². The lowest BCUT2D eigenvalue weighted by molar-refractivity contribution is 0.00919. The van der Waals surface area contributed by atoms with Crippen molar-refractivity contribution in [1.82, 2.24) is 9.80 Å². The van der Waals surface area contributed by atoms with Gasteiger partial charge in [0.25, 0.3) is 0 Å². The zero-order valence-electron chi connectivity index (χ0n) is 28.1. The predicted octanol–water partition coefficient (Wildman–Crippen LogP) is 10.7. The van der Waals surface area contributed by atoms with Gasteiger partial charge in [0.2, 0.25) is 0 Å². The maximum Gasteiger partial charge on any atom is 0.197 e. The number of furan rings is 1. The molecule has 0 N–H and O–H groups in total. The molecule has 6 heteroatoms. The van der Waals surface area contributed by atoms with Crippen LogP contribution in [-0.4, -0.2) is 54.5 Å². The van der Waals surface area contributed by atoms with E-state index in [1.54, 1.807) is 0 Å². The zero-order valence-corrected chi connectivity index (χ0v) is 29.7. The van der Waals surface area contributed by atoms with Crippen molar-refractivity contribution in [3.8, 4) is 5.75 Å². The van der Waals surface area contributed by atoms with Crippen LogP contribution in [0.5, 0.6) is 5.75 Å². The van der Waals surface area contributed by atoms with Crippen molar-refractivity contribution >= 4 is 32.7 Å². The molecule has 1 unspecified atom stereocenters. The number of carbonyl (C=O) groups is 1. The minimum atomic E-state index is -0.0850. The summed E-state index contributed by atoms with van der Waals surface area (Å²) in [5, 5.41) is 0.836. The molecule has 0 saturated carbocycles. The third kappa shape index (κ3) is 10.5. The number of carbonyl (C=O) groups excluding carboxylic acids is 1. The van der Waals surface area contributed by atoms with E-state index in [0.717, 1.165) is 99.7 Å². The third-order valence-electron chi connectivity index (χ3n) is 8.46. The Morgan fingerprint density at radius 3 is 1.95 bits per heavy atom. The molecule has 0 bridgehead atoms. The maximum absolute atomic E-state index is 13.9. The van der Waals surface area contributed by atoms with Crippen LogP contribution >= 0.6 is 15.9 Å². The van der Waals surface area contributed by atoms with Crippen molar-refractivity contribution in [2.75, 3.05) is 32.7 Å². The number of ether oxygens (including phenoxy) is 1. The first-order valence-electron chi connectivity index (χ1n) is 17.4. The van der Waals surface area contributed by atoms with E-state index < -0.39 is 0 Å². The number of ketones is 1. The van der Waals surface area contributed by atoms with Gasteiger partial charge >= 0.3 is 0 Å². The molecule has 3 aromatic rings. The van der Waals surface area contributed by atoms with Gasteiger partial charge in [-0.25, -0.2) is 0 Å². The van der Waals surface area contributed by atoms with Crippen molar-refractivity contribution < 1.29 is 13.9 Å². The molecule has 0 fully saturated rings.